The average Bonchev–Trinajstić information content (AvgIpc) is 2.83. The Balaban J connectivity index is 1.82. The molecule has 1 aromatic carbocycles. The van der Waals surface area contributed by atoms with Crippen LogP contribution in [0.2, 0.25) is 0 Å². The van der Waals surface area contributed by atoms with Crippen molar-refractivity contribution in [2.24, 2.45) is 5.92 Å². The van der Waals surface area contributed by atoms with Crippen LogP contribution in [0.4, 0.5) is 4.39 Å². The molecule has 0 bridgehead atoms. The van der Waals surface area contributed by atoms with Gasteiger partial charge in [0.1, 0.15) is 11.6 Å². The molecule has 2 heterocycles. The number of aromatic nitrogens is 2. The smallest absolute Gasteiger partial charge is 0.257 e. The lowest BCUT2D eigenvalue weighted by atomic mass is 10.0. The fourth-order valence-corrected chi connectivity index (χ4v) is 3.41. The van der Waals surface area contributed by atoms with Crippen LogP contribution >= 0.6 is 0 Å². The topological polar surface area (TPSA) is 66.4 Å². The fraction of sp³-hybridized carbons (Fsp3) is 0.429. The summed E-state index contributed by atoms with van der Waals surface area (Å²) >= 11 is 0. The summed E-state index contributed by atoms with van der Waals surface area (Å²) in [6.45, 7) is 7.04. The predicted octanol–water partition coefficient (Wildman–Crippen LogP) is 2.82. The molecule has 3 rings (SSSR count). The SMILES string of the molecule is Cc1ncc(C(=O)N2CCC(=O)N(Cc3ccc(F)cc3)[C@@H](C(C)C)C2)cn1. The van der Waals surface area contributed by atoms with Gasteiger partial charge in [-0.05, 0) is 30.5 Å². The van der Waals surface area contributed by atoms with E-state index in [0.29, 0.717) is 31.0 Å². The molecular weight excluding hydrogens is 359 g/mol. The van der Waals surface area contributed by atoms with Gasteiger partial charge in [-0.3, -0.25) is 9.59 Å². The molecule has 148 valence electrons. The number of hydrogen-bond acceptors (Lipinski definition) is 4. The van der Waals surface area contributed by atoms with Crippen molar-refractivity contribution in [1.82, 2.24) is 19.8 Å². The molecule has 0 spiro atoms. The van der Waals surface area contributed by atoms with Crippen molar-refractivity contribution in [3.63, 3.8) is 0 Å². The van der Waals surface area contributed by atoms with E-state index in [9.17, 15) is 14.0 Å². The van der Waals surface area contributed by atoms with Crippen molar-refractivity contribution in [3.8, 4) is 0 Å². The molecule has 28 heavy (non-hydrogen) atoms. The van der Waals surface area contributed by atoms with Crippen molar-refractivity contribution in [1.29, 1.82) is 0 Å². The Morgan fingerprint density at radius 3 is 2.46 bits per heavy atom. The van der Waals surface area contributed by atoms with Gasteiger partial charge in [0.15, 0.2) is 0 Å². The van der Waals surface area contributed by atoms with Crippen molar-refractivity contribution in [2.75, 3.05) is 13.1 Å². The van der Waals surface area contributed by atoms with Gasteiger partial charge in [0.2, 0.25) is 5.91 Å². The Morgan fingerprint density at radius 1 is 1.21 bits per heavy atom. The maximum Gasteiger partial charge on any atom is 0.257 e. The van der Waals surface area contributed by atoms with Gasteiger partial charge >= 0.3 is 0 Å². The van der Waals surface area contributed by atoms with E-state index in [2.05, 4.69) is 9.97 Å². The first-order valence-electron chi connectivity index (χ1n) is 9.47. The minimum atomic E-state index is -0.302. The molecule has 0 saturated carbocycles. The molecule has 1 atom stereocenters. The molecule has 1 fully saturated rings. The second kappa shape index (κ2) is 8.46. The van der Waals surface area contributed by atoms with Crippen LogP contribution in [0.15, 0.2) is 36.7 Å². The standard InChI is InChI=1S/C21H25FN4O2/c1-14(2)19-13-25(21(28)17-10-23-15(3)24-11-17)9-8-20(27)26(19)12-16-4-6-18(22)7-5-16/h4-7,10-11,14,19H,8-9,12-13H2,1-3H3/t19-/m1/s1. The summed E-state index contributed by atoms with van der Waals surface area (Å²) in [5, 5.41) is 0. The van der Waals surface area contributed by atoms with Crippen molar-refractivity contribution < 1.29 is 14.0 Å². The summed E-state index contributed by atoms with van der Waals surface area (Å²) < 4.78 is 13.2. The molecule has 6 nitrogen and oxygen atoms in total. The monoisotopic (exact) mass is 384 g/mol. The Morgan fingerprint density at radius 2 is 1.86 bits per heavy atom. The number of carbonyl (C=O) groups is 2. The zero-order chi connectivity index (χ0) is 20.3. The number of amides is 2. The zero-order valence-corrected chi connectivity index (χ0v) is 16.4. The first-order chi connectivity index (χ1) is 13.3. The second-order valence-electron chi connectivity index (χ2n) is 7.48. The number of benzene rings is 1. The largest absolute Gasteiger partial charge is 0.336 e. The summed E-state index contributed by atoms with van der Waals surface area (Å²) in [5.41, 5.74) is 1.29. The minimum Gasteiger partial charge on any atom is -0.336 e. The van der Waals surface area contributed by atoms with Gasteiger partial charge < -0.3 is 9.80 Å². The lowest BCUT2D eigenvalue weighted by Gasteiger charge is -2.34. The van der Waals surface area contributed by atoms with Crippen LogP contribution in [0.5, 0.6) is 0 Å². The molecule has 2 amide bonds. The molecule has 7 heteroatoms. The Hall–Kier alpha value is -2.83. The Kier molecular flexibility index (Phi) is 6.02. The van der Waals surface area contributed by atoms with Crippen LogP contribution in [-0.4, -0.2) is 50.7 Å². The number of halogens is 1. The number of carbonyl (C=O) groups excluding carboxylic acids is 2. The molecule has 1 aliphatic heterocycles. The molecular formula is C21H25FN4O2. The maximum absolute atomic E-state index is 13.2. The predicted molar refractivity (Wildman–Crippen MR) is 103 cm³/mol. The molecule has 2 aromatic rings. The van der Waals surface area contributed by atoms with Gasteiger partial charge in [0, 0.05) is 38.4 Å². The van der Waals surface area contributed by atoms with E-state index in [1.807, 2.05) is 18.7 Å². The zero-order valence-electron chi connectivity index (χ0n) is 16.4. The normalized spacial score (nSPS) is 17.8. The van der Waals surface area contributed by atoms with Gasteiger partial charge in [0.25, 0.3) is 5.91 Å². The van der Waals surface area contributed by atoms with Gasteiger partial charge in [-0.1, -0.05) is 26.0 Å². The molecule has 1 aromatic heterocycles. The number of rotatable bonds is 4. The minimum absolute atomic E-state index is 0.00141. The van der Waals surface area contributed by atoms with E-state index >= 15 is 0 Å². The number of aryl methyl sites for hydroxylation is 1. The fourth-order valence-electron chi connectivity index (χ4n) is 3.41. The van der Waals surface area contributed by atoms with Crippen molar-refractivity contribution in [3.05, 3.63) is 59.4 Å². The van der Waals surface area contributed by atoms with Crippen LogP contribution in [0, 0.1) is 18.7 Å². The van der Waals surface area contributed by atoms with Gasteiger partial charge in [-0.2, -0.15) is 0 Å². The third-order valence-electron chi connectivity index (χ3n) is 5.07. The number of hydrogen-bond donors (Lipinski definition) is 0. The summed E-state index contributed by atoms with van der Waals surface area (Å²) in [6.07, 6.45) is 3.30. The highest BCUT2D eigenvalue weighted by Crippen LogP contribution is 2.22. The van der Waals surface area contributed by atoms with Gasteiger partial charge in [-0.25, -0.2) is 14.4 Å². The van der Waals surface area contributed by atoms with E-state index in [1.54, 1.807) is 24.0 Å². The Labute approximate surface area is 164 Å². The van der Waals surface area contributed by atoms with Crippen LogP contribution < -0.4 is 0 Å². The van der Waals surface area contributed by atoms with Gasteiger partial charge in [0.05, 0.1) is 11.6 Å². The van der Waals surface area contributed by atoms with Crippen LogP contribution in [0.1, 0.15) is 42.0 Å². The second-order valence-corrected chi connectivity index (χ2v) is 7.48. The summed E-state index contributed by atoms with van der Waals surface area (Å²) in [6, 6.07) is 6.05. The van der Waals surface area contributed by atoms with Crippen LogP contribution in [0.3, 0.4) is 0 Å². The number of nitrogens with zero attached hydrogens (tertiary/aromatic N) is 4. The molecule has 0 unspecified atom stereocenters. The average molecular weight is 384 g/mol. The maximum atomic E-state index is 13.2. The lowest BCUT2D eigenvalue weighted by Crippen LogP contribution is -2.47. The summed E-state index contributed by atoms with van der Waals surface area (Å²) in [7, 11) is 0. The molecule has 0 radical (unpaired) electrons. The Bertz CT molecular complexity index is 836. The molecule has 1 saturated heterocycles. The third-order valence-corrected chi connectivity index (χ3v) is 5.07. The highest BCUT2D eigenvalue weighted by molar-refractivity contribution is 5.94. The van der Waals surface area contributed by atoms with Crippen molar-refractivity contribution >= 4 is 11.8 Å². The van der Waals surface area contributed by atoms with E-state index in [-0.39, 0.29) is 36.0 Å². The first kappa shape index (κ1) is 19.9. The highest BCUT2D eigenvalue weighted by Gasteiger charge is 2.33. The van der Waals surface area contributed by atoms with Crippen LogP contribution in [0.25, 0.3) is 0 Å². The lowest BCUT2D eigenvalue weighted by molar-refractivity contribution is -0.134. The van der Waals surface area contributed by atoms with E-state index in [0.717, 1.165) is 5.56 Å². The quantitative estimate of drug-likeness (QED) is 0.813. The van der Waals surface area contributed by atoms with E-state index in [1.165, 1.54) is 24.5 Å². The first-order valence-corrected chi connectivity index (χ1v) is 9.47. The summed E-state index contributed by atoms with van der Waals surface area (Å²) in [5.74, 6) is 0.296. The highest BCUT2D eigenvalue weighted by atomic mass is 19.1. The summed E-state index contributed by atoms with van der Waals surface area (Å²) in [4.78, 5) is 37.5. The molecule has 0 aliphatic carbocycles. The van der Waals surface area contributed by atoms with Gasteiger partial charge in [-0.15, -0.1) is 0 Å². The van der Waals surface area contributed by atoms with E-state index < -0.39 is 0 Å². The van der Waals surface area contributed by atoms with Crippen molar-refractivity contribution in [2.45, 2.75) is 39.8 Å². The molecule has 1 aliphatic rings. The molecule has 0 N–H and O–H groups in total. The van der Waals surface area contributed by atoms with Crippen LogP contribution in [-0.2, 0) is 11.3 Å². The third kappa shape index (κ3) is 4.52. The van der Waals surface area contributed by atoms with E-state index in [4.69, 9.17) is 0 Å².